The van der Waals surface area contributed by atoms with E-state index in [1.165, 1.54) is 0 Å². The van der Waals surface area contributed by atoms with Gasteiger partial charge in [-0.2, -0.15) is 16.9 Å². The van der Waals surface area contributed by atoms with Gasteiger partial charge in [0.25, 0.3) is 0 Å². The number of hydrogen-bond donors (Lipinski definition) is 1. The van der Waals surface area contributed by atoms with Crippen molar-refractivity contribution in [3.05, 3.63) is 16.9 Å². The third kappa shape index (κ3) is 3.66. The Labute approximate surface area is 105 Å². The minimum Gasteiger partial charge on any atom is -0.387 e. The Balaban J connectivity index is 2.71. The molecular weight excluding hydrogens is 248 g/mol. The van der Waals surface area contributed by atoms with E-state index in [1.807, 2.05) is 6.26 Å². The summed E-state index contributed by atoms with van der Waals surface area (Å²) in [6.07, 6.45) is 3.70. The Hall–Kier alpha value is -0.230. The van der Waals surface area contributed by atoms with Crippen LogP contribution in [0.3, 0.4) is 0 Å². The molecule has 1 rings (SSSR count). The average molecular weight is 265 g/mol. The second kappa shape index (κ2) is 7.17. The summed E-state index contributed by atoms with van der Waals surface area (Å²) in [5.74, 6) is 0.896. The SMILES string of the molecule is COCCn1ncc(Cl)c1C(O)CCSC. The molecule has 1 aromatic rings. The molecule has 0 aliphatic rings. The van der Waals surface area contributed by atoms with Crippen molar-refractivity contribution in [3.8, 4) is 0 Å². The van der Waals surface area contributed by atoms with E-state index in [4.69, 9.17) is 16.3 Å². The molecule has 0 spiro atoms. The molecule has 0 fully saturated rings. The van der Waals surface area contributed by atoms with Gasteiger partial charge in [0, 0.05) is 7.11 Å². The minimum absolute atomic E-state index is 0.518. The number of aliphatic hydroxyl groups is 1. The maximum absolute atomic E-state index is 10.0. The van der Waals surface area contributed by atoms with Crippen molar-refractivity contribution in [1.82, 2.24) is 9.78 Å². The van der Waals surface area contributed by atoms with E-state index < -0.39 is 6.10 Å². The van der Waals surface area contributed by atoms with Gasteiger partial charge in [-0.05, 0) is 18.4 Å². The van der Waals surface area contributed by atoms with Crippen LogP contribution in [0.5, 0.6) is 0 Å². The zero-order chi connectivity index (χ0) is 12.0. The number of thioether (sulfide) groups is 1. The van der Waals surface area contributed by atoms with E-state index in [9.17, 15) is 5.11 Å². The number of nitrogens with zero attached hydrogens (tertiary/aromatic N) is 2. The van der Waals surface area contributed by atoms with Crippen LogP contribution in [0.2, 0.25) is 5.02 Å². The van der Waals surface area contributed by atoms with E-state index in [0.29, 0.717) is 30.3 Å². The predicted octanol–water partition coefficient (Wildman–Crippen LogP) is 1.97. The summed E-state index contributed by atoms with van der Waals surface area (Å²) < 4.78 is 6.69. The fraction of sp³-hybridized carbons (Fsp3) is 0.700. The van der Waals surface area contributed by atoms with Crippen molar-refractivity contribution in [3.63, 3.8) is 0 Å². The molecule has 0 amide bonds. The predicted molar refractivity (Wildman–Crippen MR) is 67.1 cm³/mol. The monoisotopic (exact) mass is 264 g/mol. The molecule has 1 atom stereocenters. The van der Waals surface area contributed by atoms with Crippen molar-refractivity contribution < 1.29 is 9.84 Å². The molecule has 1 N–H and O–H groups in total. The fourth-order valence-corrected chi connectivity index (χ4v) is 2.15. The molecular formula is C10H17ClN2O2S. The van der Waals surface area contributed by atoms with Crippen LogP contribution in [0.4, 0.5) is 0 Å². The van der Waals surface area contributed by atoms with Crippen LogP contribution in [0, 0.1) is 0 Å². The third-order valence-electron chi connectivity index (χ3n) is 2.25. The second-order valence-electron chi connectivity index (χ2n) is 3.39. The lowest BCUT2D eigenvalue weighted by Crippen LogP contribution is -2.13. The number of aliphatic hydroxyl groups excluding tert-OH is 1. The van der Waals surface area contributed by atoms with E-state index in [-0.39, 0.29) is 0 Å². The fourth-order valence-electron chi connectivity index (χ4n) is 1.43. The smallest absolute Gasteiger partial charge is 0.0979 e. The van der Waals surface area contributed by atoms with Crippen LogP contribution < -0.4 is 0 Å². The first-order valence-corrected chi connectivity index (χ1v) is 6.85. The first kappa shape index (κ1) is 13.8. The first-order chi connectivity index (χ1) is 7.70. The lowest BCUT2D eigenvalue weighted by molar-refractivity contribution is 0.151. The van der Waals surface area contributed by atoms with Gasteiger partial charge in [0.05, 0.1) is 36.2 Å². The standard InChI is InChI=1S/C10H17ClN2O2S/c1-15-5-4-13-10(8(11)7-12-13)9(14)3-6-16-2/h7,9,14H,3-6H2,1-2H3. The maximum Gasteiger partial charge on any atom is 0.0979 e. The summed E-state index contributed by atoms with van der Waals surface area (Å²) in [5, 5.41) is 14.6. The van der Waals surface area contributed by atoms with Crippen molar-refractivity contribution in [2.45, 2.75) is 19.1 Å². The second-order valence-corrected chi connectivity index (χ2v) is 4.78. The summed E-state index contributed by atoms with van der Waals surface area (Å²) >= 11 is 7.71. The van der Waals surface area contributed by atoms with E-state index >= 15 is 0 Å². The molecule has 1 heterocycles. The molecule has 0 saturated carbocycles. The Bertz CT molecular complexity index is 320. The topological polar surface area (TPSA) is 47.3 Å². The van der Waals surface area contributed by atoms with Crippen LogP contribution >= 0.6 is 23.4 Å². The average Bonchev–Trinajstić information content (AvgIpc) is 2.64. The molecule has 6 heteroatoms. The van der Waals surface area contributed by atoms with Crippen molar-refractivity contribution in [2.75, 3.05) is 25.7 Å². The zero-order valence-electron chi connectivity index (χ0n) is 9.52. The van der Waals surface area contributed by atoms with Crippen LogP contribution in [0.1, 0.15) is 18.2 Å². The van der Waals surface area contributed by atoms with Crippen LogP contribution in [0.15, 0.2) is 6.20 Å². The number of methoxy groups -OCH3 is 1. The summed E-state index contributed by atoms with van der Waals surface area (Å²) in [5.41, 5.74) is 0.688. The molecule has 0 aromatic carbocycles. The summed E-state index contributed by atoms with van der Waals surface area (Å²) in [6.45, 7) is 1.16. The van der Waals surface area contributed by atoms with E-state index in [1.54, 1.807) is 29.8 Å². The van der Waals surface area contributed by atoms with Gasteiger partial charge in [-0.15, -0.1) is 0 Å². The lowest BCUT2D eigenvalue weighted by Gasteiger charge is -2.13. The Morgan fingerprint density at radius 2 is 2.44 bits per heavy atom. The number of halogens is 1. The van der Waals surface area contributed by atoms with E-state index in [0.717, 1.165) is 5.75 Å². The Morgan fingerprint density at radius 3 is 3.06 bits per heavy atom. The summed E-state index contributed by atoms with van der Waals surface area (Å²) in [7, 11) is 1.63. The largest absolute Gasteiger partial charge is 0.387 e. The summed E-state index contributed by atoms with van der Waals surface area (Å²) in [6, 6.07) is 0. The highest BCUT2D eigenvalue weighted by Gasteiger charge is 2.17. The number of hydrogen-bond acceptors (Lipinski definition) is 4. The van der Waals surface area contributed by atoms with Crippen molar-refractivity contribution >= 4 is 23.4 Å². The molecule has 0 aliphatic heterocycles. The van der Waals surface area contributed by atoms with Crippen molar-refractivity contribution in [2.24, 2.45) is 0 Å². The molecule has 0 radical (unpaired) electrons. The van der Waals surface area contributed by atoms with Gasteiger partial charge in [-0.1, -0.05) is 11.6 Å². The Morgan fingerprint density at radius 1 is 1.69 bits per heavy atom. The molecule has 4 nitrogen and oxygen atoms in total. The maximum atomic E-state index is 10.0. The summed E-state index contributed by atoms with van der Waals surface area (Å²) in [4.78, 5) is 0. The molecule has 0 saturated heterocycles. The number of aromatic nitrogens is 2. The number of ether oxygens (including phenoxy) is 1. The quantitative estimate of drug-likeness (QED) is 0.818. The third-order valence-corrected chi connectivity index (χ3v) is 3.19. The molecule has 1 aromatic heterocycles. The Kier molecular flexibility index (Phi) is 6.20. The zero-order valence-corrected chi connectivity index (χ0v) is 11.1. The minimum atomic E-state index is -0.556. The molecule has 92 valence electrons. The first-order valence-electron chi connectivity index (χ1n) is 5.07. The highest BCUT2D eigenvalue weighted by molar-refractivity contribution is 7.98. The molecule has 1 unspecified atom stereocenters. The highest BCUT2D eigenvalue weighted by atomic mass is 35.5. The van der Waals surface area contributed by atoms with E-state index in [2.05, 4.69) is 5.10 Å². The highest BCUT2D eigenvalue weighted by Crippen LogP contribution is 2.25. The molecule has 0 bridgehead atoms. The van der Waals surface area contributed by atoms with Gasteiger partial charge < -0.3 is 9.84 Å². The van der Waals surface area contributed by atoms with Gasteiger partial charge in [0.15, 0.2) is 0 Å². The van der Waals surface area contributed by atoms with Gasteiger partial charge >= 0.3 is 0 Å². The van der Waals surface area contributed by atoms with Gasteiger partial charge in [0.1, 0.15) is 0 Å². The van der Waals surface area contributed by atoms with Gasteiger partial charge in [-0.3, -0.25) is 4.68 Å². The van der Waals surface area contributed by atoms with Crippen LogP contribution in [0.25, 0.3) is 0 Å². The van der Waals surface area contributed by atoms with Gasteiger partial charge in [0.2, 0.25) is 0 Å². The normalized spacial score (nSPS) is 13.0. The molecule has 0 aliphatic carbocycles. The van der Waals surface area contributed by atoms with Crippen LogP contribution in [-0.4, -0.2) is 40.6 Å². The van der Waals surface area contributed by atoms with Crippen molar-refractivity contribution in [1.29, 1.82) is 0 Å². The molecule has 16 heavy (non-hydrogen) atoms. The lowest BCUT2D eigenvalue weighted by atomic mass is 10.2. The number of rotatable bonds is 7. The van der Waals surface area contributed by atoms with Crippen LogP contribution in [-0.2, 0) is 11.3 Å². The van der Waals surface area contributed by atoms with Gasteiger partial charge in [-0.25, -0.2) is 0 Å².